The second-order valence-corrected chi connectivity index (χ2v) is 7.66. The van der Waals surface area contributed by atoms with Gasteiger partial charge >= 0.3 is 6.03 Å². The van der Waals surface area contributed by atoms with Crippen molar-refractivity contribution in [1.29, 1.82) is 0 Å². The second-order valence-electron chi connectivity index (χ2n) is 7.22. The van der Waals surface area contributed by atoms with Crippen molar-refractivity contribution >= 4 is 23.3 Å². The standard InChI is InChI=1S/C22H23ClN4O4/c1-29-17-6-7-18(19(13-17)30-2)24-22(28)27-10-8-14(9-11-27)21-25-20(26-31-21)15-4-3-5-16(23)12-15/h3-7,12-14H,8-11H2,1-2H3,(H,24,28). The first-order valence-electron chi connectivity index (χ1n) is 9.95. The number of hydrogen-bond donors (Lipinski definition) is 1. The van der Waals surface area contributed by atoms with Gasteiger partial charge in [-0.3, -0.25) is 0 Å². The molecule has 1 N–H and O–H groups in total. The van der Waals surface area contributed by atoms with E-state index in [1.54, 1.807) is 49.5 Å². The molecule has 2 heterocycles. The number of nitrogens with one attached hydrogen (secondary N) is 1. The lowest BCUT2D eigenvalue weighted by atomic mass is 9.97. The third kappa shape index (κ3) is 4.74. The van der Waals surface area contributed by atoms with Crippen molar-refractivity contribution in [2.24, 2.45) is 0 Å². The molecule has 1 aliphatic rings. The van der Waals surface area contributed by atoms with Crippen molar-refractivity contribution in [2.45, 2.75) is 18.8 Å². The van der Waals surface area contributed by atoms with Gasteiger partial charge in [-0.15, -0.1) is 0 Å². The van der Waals surface area contributed by atoms with E-state index in [4.69, 9.17) is 25.6 Å². The Morgan fingerprint density at radius 2 is 1.97 bits per heavy atom. The van der Waals surface area contributed by atoms with E-state index in [2.05, 4.69) is 15.5 Å². The molecule has 3 aromatic rings. The summed E-state index contributed by atoms with van der Waals surface area (Å²) in [4.78, 5) is 19.0. The first-order chi connectivity index (χ1) is 15.1. The summed E-state index contributed by atoms with van der Waals surface area (Å²) >= 11 is 6.04. The average molecular weight is 443 g/mol. The molecule has 1 saturated heterocycles. The number of carbonyl (C=O) groups is 1. The third-order valence-corrected chi connectivity index (χ3v) is 5.54. The van der Waals surface area contributed by atoms with Gasteiger partial charge in [-0.05, 0) is 37.1 Å². The lowest BCUT2D eigenvalue weighted by Crippen LogP contribution is -2.40. The Morgan fingerprint density at radius 1 is 1.16 bits per heavy atom. The Bertz CT molecular complexity index is 1060. The van der Waals surface area contributed by atoms with E-state index >= 15 is 0 Å². The molecule has 0 saturated carbocycles. The normalized spacial score (nSPS) is 14.4. The van der Waals surface area contributed by atoms with Crippen molar-refractivity contribution < 1.29 is 18.8 Å². The van der Waals surface area contributed by atoms with Crippen LogP contribution in [0, 0.1) is 0 Å². The van der Waals surface area contributed by atoms with E-state index in [1.165, 1.54) is 0 Å². The SMILES string of the molecule is COc1ccc(NC(=O)N2CCC(c3nc(-c4cccc(Cl)c4)no3)CC2)c(OC)c1. The zero-order chi connectivity index (χ0) is 21.8. The number of carbonyl (C=O) groups excluding carboxylic acids is 1. The van der Waals surface area contributed by atoms with Gasteiger partial charge in [-0.1, -0.05) is 28.9 Å². The molecule has 0 spiro atoms. The smallest absolute Gasteiger partial charge is 0.321 e. The minimum Gasteiger partial charge on any atom is -0.497 e. The fourth-order valence-electron chi connectivity index (χ4n) is 3.57. The van der Waals surface area contributed by atoms with Gasteiger partial charge in [0.1, 0.15) is 11.5 Å². The maximum absolute atomic E-state index is 12.7. The van der Waals surface area contributed by atoms with Crippen LogP contribution in [-0.2, 0) is 0 Å². The van der Waals surface area contributed by atoms with E-state index in [1.807, 2.05) is 12.1 Å². The summed E-state index contributed by atoms with van der Waals surface area (Å²) in [5.41, 5.74) is 1.41. The minimum atomic E-state index is -0.174. The molecule has 31 heavy (non-hydrogen) atoms. The van der Waals surface area contributed by atoms with Gasteiger partial charge in [0.15, 0.2) is 0 Å². The number of rotatable bonds is 5. The predicted octanol–water partition coefficient (Wildman–Crippen LogP) is 4.82. The predicted molar refractivity (Wildman–Crippen MR) is 117 cm³/mol. The van der Waals surface area contributed by atoms with Crippen LogP contribution in [0.15, 0.2) is 47.0 Å². The number of ether oxygens (including phenoxy) is 2. The molecule has 9 heteroatoms. The summed E-state index contributed by atoms with van der Waals surface area (Å²) in [7, 11) is 3.14. The van der Waals surface area contributed by atoms with E-state index in [0.717, 1.165) is 18.4 Å². The lowest BCUT2D eigenvalue weighted by Gasteiger charge is -2.30. The van der Waals surface area contributed by atoms with Gasteiger partial charge in [-0.2, -0.15) is 4.98 Å². The molecular weight excluding hydrogens is 420 g/mol. The zero-order valence-electron chi connectivity index (χ0n) is 17.3. The van der Waals surface area contributed by atoms with Crippen LogP contribution >= 0.6 is 11.6 Å². The van der Waals surface area contributed by atoms with E-state index in [9.17, 15) is 4.79 Å². The highest BCUT2D eigenvalue weighted by atomic mass is 35.5. The van der Waals surface area contributed by atoms with Crippen LogP contribution in [0.25, 0.3) is 11.4 Å². The number of hydrogen-bond acceptors (Lipinski definition) is 6. The lowest BCUT2D eigenvalue weighted by molar-refractivity contribution is 0.187. The monoisotopic (exact) mass is 442 g/mol. The number of urea groups is 1. The molecule has 1 aliphatic heterocycles. The summed E-state index contributed by atoms with van der Waals surface area (Å²) in [5, 5.41) is 7.62. The van der Waals surface area contributed by atoms with Crippen molar-refractivity contribution in [3.8, 4) is 22.9 Å². The largest absolute Gasteiger partial charge is 0.497 e. The molecule has 0 bridgehead atoms. The Labute approximate surface area is 185 Å². The van der Waals surface area contributed by atoms with Crippen molar-refractivity contribution in [3.63, 3.8) is 0 Å². The third-order valence-electron chi connectivity index (χ3n) is 5.31. The first kappa shape index (κ1) is 21.0. The van der Waals surface area contributed by atoms with Crippen molar-refractivity contribution in [3.05, 3.63) is 53.4 Å². The highest BCUT2D eigenvalue weighted by Gasteiger charge is 2.28. The van der Waals surface area contributed by atoms with Crippen LogP contribution in [0.4, 0.5) is 10.5 Å². The molecular formula is C22H23ClN4O4. The Hall–Kier alpha value is -3.26. The molecule has 1 aromatic heterocycles. The fourth-order valence-corrected chi connectivity index (χ4v) is 3.76. The topological polar surface area (TPSA) is 89.7 Å². The Kier molecular flexibility index (Phi) is 6.27. The van der Waals surface area contributed by atoms with Crippen molar-refractivity contribution in [2.75, 3.05) is 32.6 Å². The number of nitrogens with zero attached hydrogens (tertiary/aromatic N) is 3. The minimum absolute atomic E-state index is 0.111. The molecule has 4 rings (SSSR count). The van der Waals surface area contributed by atoms with Crippen LogP contribution in [0.1, 0.15) is 24.7 Å². The molecule has 0 unspecified atom stereocenters. The van der Waals surface area contributed by atoms with Gasteiger partial charge in [-0.25, -0.2) is 4.79 Å². The fraction of sp³-hybridized carbons (Fsp3) is 0.318. The molecule has 2 amide bonds. The van der Waals surface area contributed by atoms with Crippen LogP contribution in [0.2, 0.25) is 5.02 Å². The molecule has 0 aliphatic carbocycles. The number of halogens is 1. The van der Waals surface area contributed by atoms with Crippen LogP contribution in [0.5, 0.6) is 11.5 Å². The molecule has 162 valence electrons. The summed E-state index contributed by atoms with van der Waals surface area (Å²) in [6.45, 7) is 1.17. The average Bonchev–Trinajstić information content (AvgIpc) is 3.30. The van der Waals surface area contributed by atoms with Crippen LogP contribution in [0.3, 0.4) is 0 Å². The summed E-state index contributed by atoms with van der Waals surface area (Å²) in [5.74, 6) is 2.42. The van der Waals surface area contributed by atoms with Crippen molar-refractivity contribution in [1.82, 2.24) is 15.0 Å². The van der Waals surface area contributed by atoms with E-state index < -0.39 is 0 Å². The van der Waals surface area contributed by atoms with E-state index in [-0.39, 0.29) is 11.9 Å². The maximum atomic E-state index is 12.7. The second kappa shape index (κ2) is 9.26. The number of anilines is 1. The first-order valence-corrected chi connectivity index (χ1v) is 10.3. The highest BCUT2D eigenvalue weighted by molar-refractivity contribution is 6.30. The number of amides is 2. The summed E-state index contributed by atoms with van der Waals surface area (Å²) < 4.78 is 16.0. The van der Waals surface area contributed by atoms with Crippen LogP contribution < -0.4 is 14.8 Å². The number of piperidine rings is 1. The van der Waals surface area contributed by atoms with E-state index in [0.29, 0.717) is 47.0 Å². The quantitative estimate of drug-likeness (QED) is 0.609. The number of methoxy groups -OCH3 is 2. The van der Waals surface area contributed by atoms with Gasteiger partial charge in [0.2, 0.25) is 11.7 Å². The summed E-state index contributed by atoms with van der Waals surface area (Å²) in [6.07, 6.45) is 1.48. The molecule has 8 nitrogen and oxygen atoms in total. The zero-order valence-corrected chi connectivity index (χ0v) is 18.1. The molecule has 0 radical (unpaired) electrons. The highest BCUT2D eigenvalue weighted by Crippen LogP contribution is 2.31. The van der Waals surface area contributed by atoms with Gasteiger partial charge in [0.25, 0.3) is 0 Å². The molecule has 1 fully saturated rings. The van der Waals surface area contributed by atoms with Gasteiger partial charge in [0.05, 0.1) is 19.9 Å². The summed E-state index contributed by atoms with van der Waals surface area (Å²) in [6, 6.07) is 12.4. The van der Waals surface area contributed by atoms with Gasteiger partial charge in [0, 0.05) is 35.7 Å². The number of likely N-dealkylation sites (tertiary alicyclic amines) is 1. The Morgan fingerprint density at radius 3 is 2.68 bits per heavy atom. The molecule has 2 aromatic carbocycles. The molecule has 0 atom stereocenters. The van der Waals surface area contributed by atoms with Gasteiger partial charge < -0.3 is 24.2 Å². The number of aromatic nitrogens is 2. The maximum Gasteiger partial charge on any atom is 0.321 e. The Balaban J connectivity index is 1.36. The van der Waals surface area contributed by atoms with Crippen LogP contribution in [-0.4, -0.2) is 48.4 Å². The number of benzene rings is 2.